The smallest absolute Gasteiger partial charge is 0.158 e. The third-order valence-corrected chi connectivity index (χ3v) is 4.64. The van der Waals surface area contributed by atoms with E-state index in [4.69, 9.17) is 15.2 Å². The fourth-order valence-corrected chi connectivity index (χ4v) is 3.38. The van der Waals surface area contributed by atoms with Crippen molar-refractivity contribution in [2.45, 2.75) is 31.7 Å². The van der Waals surface area contributed by atoms with Crippen LogP contribution in [0.25, 0.3) is 0 Å². The van der Waals surface area contributed by atoms with Crippen LogP contribution in [0.4, 0.5) is 0 Å². The molecule has 2 N–H and O–H groups in total. The lowest BCUT2D eigenvalue weighted by molar-refractivity contribution is -0.117. The number of hydrogen-bond donors (Lipinski definition) is 1. The Morgan fingerprint density at radius 3 is 2.89 bits per heavy atom. The first kappa shape index (κ1) is 14.0. The molecule has 4 nitrogen and oxygen atoms in total. The molecule has 1 aromatic heterocycles. The molecule has 0 amide bonds. The van der Waals surface area contributed by atoms with Crippen molar-refractivity contribution in [2.75, 3.05) is 27.3 Å². The van der Waals surface area contributed by atoms with E-state index in [0.29, 0.717) is 12.6 Å². The molecule has 0 radical (unpaired) electrons. The van der Waals surface area contributed by atoms with Crippen LogP contribution in [0, 0.1) is 0 Å². The van der Waals surface area contributed by atoms with E-state index in [1.807, 2.05) is 11.3 Å². The molecular weight excluding hydrogens is 248 g/mol. The van der Waals surface area contributed by atoms with Crippen molar-refractivity contribution in [3.63, 3.8) is 0 Å². The zero-order valence-electron chi connectivity index (χ0n) is 11.1. The lowest BCUT2D eigenvalue weighted by atomic mass is 10.1. The highest BCUT2D eigenvalue weighted by Crippen LogP contribution is 2.26. The van der Waals surface area contributed by atoms with Gasteiger partial charge in [-0.3, -0.25) is 4.90 Å². The molecule has 0 saturated heterocycles. The number of fused-ring (bicyclic) bond motifs is 1. The summed E-state index contributed by atoms with van der Waals surface area (Å²) in [6.45, 7) is 2.72. The third-order valence-electron chi connectivity index (χ3n) is 3.62. The van der Waals surface area contributed by atoms with Gasteiger partial charge in [-0.1, -0.05) is 0 Å². The first-order valence-corrected chi connectivity index (χ1v) is 7.21. The summed E-state index contributed by atoms with van der Waals surface area (Å²) >= 11 is 1.86. The number of rotatable bonds is 6. The molecule has 1 aromatic rings. The summed E-state index contributed by atoms with van der Waals surface area (Å²) in [7, 11) is 3.35. The molecule has 0 spiro atoms. The highest BCUT2D eigenvalue weighted by molar-refractivity contribution is 7.10. The topological polar surface area (TPSA) is 47.7 Å². The predicted molar refractivity (Wildman–Crippen MR) is 73.7 cm³/mol. The molecule has 0 saturated carbocycles. The van der Waals surface area contributed by atoms with Crippen LogP contribution >= 0.6 is 11.3 Å². The van der Waals surface area contributed by atoms with Crippen LogP contribution in [0.15, 0.2) is 11.4 Å². The lowest BCUT2D eigenvalue weighted by Gasteiger charge is -2.35. The maximum Gasteiger partial charge on any atom is 0.158 e. The summed E-state index contributed by atoms with van der Waals surface area (Å²) in [6.07, 6.45) is 1.79. The number of methoxy groups -OCH3 is 2. The van der Waals surface area contributed by atoms with E-state index < -0.39 is 0 Å². The molecule has 1 aliphatic rings. The summed E-state index contributed by atoms with van der Waals surface area (Å²) in [6, 6.07) is 2.55. The van der Waals surface area contributed by atoms with E-state index in [0.717, 1.165) is 25.9 Å². The standard InChI is InChI=1S/C13H22N2O2S/c1-16-13(17-2)7-11(8-14)15-5-3-12-10(9-15)4-6-18-12/h4,6,11,13H,3,5,7-9,14H2,1-2H3. The van der Waals surface area contributed by atoms with Gasteiger partial charge in [-0.25, -0.2) is 0 Å². The largest absolute Gasteiger partial charge is 0.356 e. The third kappa shape index (κ3) is 3.10. The summed E-state index contributed by atoms with van der Waals surface area (Å²) in [5.41, 5.74) is 7.36. The number of hydrogen-bond acceptors (Lipinski definition) is 5. The first-order valence-electron chi connectivity index (χ1n) is 6.33. The highest BCUT2D eigenvalue weighted by atomic mass is 32.1. The molecular formula is C13H22N2O2S. The van der Waals surface area contributed by atoms with E-state index in [1.165, 1.54) is 10.4 Å². The van der Waals surface area contributed by atoms with Crippen molar-refractivity contribution in [3.05, 3.63) is 21.9 Å². The van der Waals surface area contributed by atoms with Crippen LogP contribution in [0.1, 0.15) is 16.9 Å². The minimum atomic E-state index is -0.164. The van der Waals surface area contributed by atoms with Crippen molar-refractivity contribution >= 4 is 11.3 Å². The van der Waals surface area contributed by atoms with Crippen molar-refractivity contribution in [1.82, 2.24) is 4.90 Å². The number of nitrogens with two attached hydrogens (primary N) is 1. The van der Waals surface area contributed by atoms with Gasteiger partial charge in [0.05, 0.1) is 0 Å². The van der Waals surface area contributed by atoms with Crippen LogP contribution in [-0.2, 0) is 22.4 Å². The Balaban J connectivity index is 1.97. The summed E-state index contributed by atoms with van der Waals surface area (Å²) in [5, 5.41) is 2.18. The number of ether oxygens (including phenoxy) is 2. The van der Waals surface area contributed by atoms with E-state index in [9.17, 15) is 0 Å². The van der Waals surface area contributed by atoms with Crippen LogP contribution < -0.4 is 5.73 Å². The molecule has 2 heterocycles. The lowest BCUT2D eigenvalue weighted by Crippen LogP contribution is -2.45. The minimum Gasteiger partial charge on any atom is -0.356 e. The van der Waals surface area contributed by atoms with Gasteiger partial charge < -0.3 is 15.2 Å². The van der Waals surface area contributed by atoms with Crippen molar-refractivity contribution in [3.8, 4) is 0 Å². The fourth-order valence-electron chi connectivity index (χ4n) is 2.49. The van der Waals surface area contributed by atoms with Gasteiger partial charge in [0, 0.05) is 51.2 Å². The van der Waals surface area contributed by atoms with Gasteiger partial charge >= 0.3 is 0 Å². The summed E-state index contributed by atoms with van der Waals surface area (Å²) in [5.74, 6) is 0. The van der Waals surface area contributed by atoms with Crippen molar-refractivity contribution < 1.29 is 9.47 Å². The average Bonchev–Trinajstić information content (AvgIpc) is 2.87. The molecule has 102 valence electrons. The molecule has 1 unspecified atom stereocenters. The molecule has 1 aliphatic heterocycles. The van der Waals surface area contributed by atoms with Crippen molar-refractivity contribution in [1.29, 1.82) is 0 Å². The Morgan fingerprint density at radius 2 is 2.22 bits per heavy atom. The Morgan fingerprint density at radius 1 is 1.44 bits per heavy atom. The van der Waals surface area contributed by atoms with E-state index in [2.05, 4.69) is 16.3 Å². The van der Waals surface area contributed by atoms with E-state index >= 15 is 0 Å². The molecule has 0 aliphatic carbocycles. The van der Waals surface area contributed by atoms with E-state index in [-0.39, 0.29) is 6.29 Å². The summed E-state index contributed by atoms with van der Waals surface area (Å²) < 4.78 is 10.5. The molecule has 5 heteroatoms. The van der Waals surface area contributed by atoms with Gasteiger partial charge in [0.1, 0.15) is 0 Å². The molecule has 0 fully saturated rings. The Hall–Kier alpha value is -0.460. The quantitative estimate of drug-likeness (QED) is 0.795. The predicted octanol–water partition coefficient (Wildman–Crippen LogP) is 1.44. The molecule has 18 heavy (non-hydrogen) atoms. The van der Waals surface area contributed by atoms with Crippen LogP contribution in [0.2, 0.25) is 0 Å². The number of thiophene rings is 1. The maximum atomic E-state index is 5.91. The highest BCUT2D eigenvalue weighted by Gasteiger charge is 2.25. The van der Waals surface area contributed by atoms with Crippen molar-refractivity contribution in [2.24, 2.45) is 5.73 Å². The Labute approximate surface area is 113 Å². The zero-order chi connectivity index (χ0) is 13.0. The van der Waals surface area contributed by atoms with Gasteiger partial charge in [-0.05, 0) is 23.4 Å². The van der Waals surface area contributed by atoms with Crippen LogP contribution in [-0.4, -0.2) is 44.5 Å². The van der Waals surface area contributed by atoms with Crippen LogP contribution in [0.5, 0.6) is 0 Å². The van der Waals surface area contributed by atoms with Gasteiger partial charge in [0.25, 0.3) is 0 Å². The second kappa shape index (κ2) is 6.63. The van der Waals surface area contributed by atoms with E-state index in [1.54, 1.807) is 14.2 Å². The minimum absolute atomic E-state index is 0.164. The van der Waals surface area contributed by atoms with Gasteiger partial charge in [-0.2, -0.15) is 0 Å². The zero-order valence-corrected chi connectivity index (χ0v) is 11.9. The second-order valence-corrected chi connectivity index (χ2v) is 5.62. The second-order valence-electron chi connectivity index (χ2n) is 4.62. The first-order chi connectivity index (χ1) is 8.78. The molecule has 0 bridgehead atoms. The summed E-state index contributed by atoms with van der Waals surface area (Å²) in [4.78, 5) is 3.97. The maximum absolute atomic E-state index is 5.91. The average molecular weight is 270 g/mol. The van der Waals surface area contributed by atoms with Gasteiger partial charge in [-0.15, -0.1) is 11.3 Å². The van der Waals surface area contributed by atoms with Crippen LogP contribution in [0.3, 0.4) is 0 Å². The Kier molecular flexibility index (Phi) is 5.14. The molecule has 1 atom stereocenters. The Bertz CT molecular complexity index is 366. The monoisotopic (exact) mass is 270 g/mol. The normalized spacial score (nSPS) is 18.0. The molecule has 0 aromatic carbocycles. The van der Waals surface area contributed by atoms with Gasteiger partial charge in [0.15, 0.2) is 6.29 Å². The molecule has 2 rings (SSSR count). The number of nitrogens with zero attached hydrogens (tertiary/aromatic N) is 1. The SMILES string of the molecule is COC(CC(CN)N1CCc2sccc2C1)OC. The fraction of sp³-hybridized carbons (Fsp3) is 0.692. The van der Waals surface area contributed by atoms with Gasteiger partial charge in [0.2, 0.25) is 0 Å².